The standard InChI is InChI=1S/C20H26N2O3/c23-18(16-6-7-16)21-10-8-20(9-11-21)12-17(19(24)25)22(14-20)13-15-4-2-1-3-5-15/h1-5,16-17H,6-14H2,(H,24,25)/t17-/m1/s1. The van der Waals surface area contributed by atoms with E-state index < -0.39 is 12.0 Å². The number of likely N-dealkylation sites (tertiary alicyclic amines) is 2. The predicted molar refractivity (Wildman–Crippen MR) is 93.9 cm³/mol. The fraction of sp³-hybridized carbons (Fsp3) is 0.600. The number of nitrogens with zero attached hydrogens (tertiary/aromatic N) is 2. The fourth-order valence-electron chi connectivity index (χ4n) is 4.52. The predicted octanol–water partition coefficient (Wildman–Crippen LogP) is 2.36. The first-order valence-electron chi connectivity index (χ1n) is 9.36. The average Bonchev–Trinajstić information content (AvgIpc) is 3.40. The number of benzene rings is 1. The molecular weight excluding hydrogens is 316 g/mol. The Bertz CT molecular complexity index is 648. The van der Waals surface area contributed by atoms with Gasteiger partial charge in [0.1, 0.15) is 6.04 Å². The lowest BCUT2D eigenvalue weighted by Gasteiger charge is -2.39. The summed E-state index contributed by atoms with van der Waals surface area (Å²) < 4.78 is 0. The van der Waals surface area contributed by atoms with Crippen LogP contribution in [-0.4, -0.2) is 52.5 Å². The van der Waals surface area contributed by atoms with E-state index in [1.54, 1.807) is 0 Å². The van der Waals surface area contributed by atoms with Crippen molar-refractivity contribution in [1.82, 2.24) is 9.80 Å². The number of piperidine rings is 1. The summed E-state index contributed by atoms with van der Waals surface area (Å²) in [6.07, 6.45) is 4.67. The Balaban J connectivity index is 1.43. The zero-order chi connectivity index (χ0) is 17.4. The summed E-state index contributed by atoms with van der Waals surface area (Å²) in [6.45, 7) is 3.09. The third-order valence-corrected chi connectivity index (χ3v) is 6.18. The van der Waals surface area contributed by atoms with Gasteiger partial charge in [-0.1, -0.05) is 30.3 Å². The first-order chi connectivity index (χ1) is 12.1. The van der Waals surface area contributed by atoms with Crippen molar-refractivity contribution in [3.05, 3.63) is 35.9 Å². The van der Waals surface area contributed by atoms with E-state index in [-0.39, 0.29) is 11.3 Å². The van der Waals surface area contributed by atoms with E-state index in [9.17, 15) is 14.7 Å². The molecule has 4 rings (SSSR count). The maximum absolute atomic E-state index is 12.3. The molecule has 1 spiro atoms. The van der Waals surface area contributed by atoms with Crippen molar-refractivity contribution in [2.45, 2.75) is 44.7 Å². The van der Waals surface area contributed by atoms with Crippen molar-refractivity contribution >= 4 is 11.9 Å². The first kappa shape index (κ1) is 16.6. The van der Waals surface area contributed by atoms with Gasteiger partial charge in [0.05, 0.1) is 0 Å². The Morgan fingerprint density at radius 1 is 1.12 bits per heavy atom. The van der Waals surface area contributed by atoms with E-state index in [1.807, 2.05) is 23.1 Å². The second kappa shape index (κ2) is 6.45. The monoisotopic (exact) mass is 342 g/mol. The highest BCUT2D eigenvalue weighted by Gasteiger charge is 2.49. The summed E-state index contributed by atoms with van der Waals surface area (Å²) in [4.78, 5) is 28.2. The zero-order valence-corrected chi connectivity index (χ0v) is 14.6. The van der Waals surface area contributed by atoms with Crippen LogP contribution in [0.1, 0.15) is 37.7 Å². The van der Waals surface area contributed by atoms with Gasteiger partial charge in [-0.05, 0) is 43.1 Å². The van der Waals surface area contributed by atoms with Gasteiger partial charge in [-0.3, -0.25) is 14.5 Å². The number of rotatable bonds is 4. The van der Waals surface area contributed by atoms with Crippen LogP contribution in [-0.2, 0) is 16.1 Å². The van der Waals surface area contributed by atoms with E-state index in [4.69, 9.17) is 0 Å². The van der Waals surface area contributed by atoms with Crippen LogP contribution in [0.5, 0.6) is 0 Å². The summed E-state index contributed by atoms with van der Waals surface area (Å²) in [5.74, 6) is -0.118. The Hall–Kier alpha value is -1.88. The highest BCUT2D eigenvalue weighted by molar-refractivity contribution is 5.81. The lowest BCUT2D eigenvalue weighted by Crippen LogP contribution is -2.44. The first-order valence-corrected chi connectivity index (χ1v) is 9.36. The van der Waals surface area contributed by atoms with Crippen LogP contribution in [0.2, 0.25) is 0 Å². The maximum Gasteiger partial charge on any atom is 0.320 e. The molecule has 1 amide bonds. The van der Waals surface area contributed by atoms with E-state index in [0.717, 1.165) is 50.9 Å². The topological polar surface area (TPSA) is 60.9 Å². The molecule has 5 nitrogen and oxygen atoms in total. The van der Waals surface area contributed by atoms with Gasteiger partial charge in [-0.25, -0.2) is 0 Å². The van der Waals surface area contributed by atoms with Crippen LogP contribution < -0.4 is 0 Å². The molecule has 0 unspecified atom stereocenters. The number of amides is 1. The van der Waals surface area contributed by atoms with Crippen molar-refractivity contribution in [1.29, 1.82) is 0 Å². The smallest absolute Gasteiger partial charge is 0.320 e. The molecule has 2 saturated heterocycles. The van der Waals surface area contributed by atoms with Gasteiger partial charge >= 0.3 is 5.97 Å². The van der Waals surface area contributed by atoms with Gasteiger partial charge in [0, 0.05) is 32.1 Å². The summed E-state index contributed by atoms with van der Waals surface area (Å²) in [5.41, 5.74) is 1.21. The average molecular weight is 342 g/mol. The highest BCUT2D eigenvalue weighted by Crippen LogP contribution is 2.44. The van der Waals surface area contributed by atoms with Gasteiger partial charge in [0.2, 0.25) is 5.91 Å². The summed E-state index contributed by atoms with van der Waals surface area (Å²) in [5, 5.41) is 9.69. The van der Waals surface area contributed by atoms with Crippen LogP contribution in [0, 0.1) is 11.3 Å². The molecule has 0 aromatic heterocycles. The molecule has 0 bridgehead atoms. The second-order valence-electron chi connectivity index (χ2n) is 8.05. The molecule has 2 aliphatic heterocycles. The molecule has 0 radical (unpaired) electrons. The Morgan fingerprint density at radius 2 is 1.80 bits per heavy atom. The molecule has 1 N–H and O–H groups in total. The number of hydrogen-bond acceptors (Lipinski definition) is 3. The molecule has 25 heavy (non-hydrogen) atoms. The molecule has 1 atom stereocenters. The summed E-state index contributed by atoms with van der Waals surface area (Å²) in [6, 6.07) is 9.68. The van der Waals surface area contributed by atoms with Gasteiger partial charge in [-0.2, -0.15) is 0 Å². The molecule has 3 aliphatic rings. The Labute approximate surface area is 148 Å². The van der Waals surface area contributed by atoms with Crippen LogP contribution in [0.15, 0.2) is 30.3 Å². The van der Waals surface area contributed by atoms with Gasteiger partial charge in [-0.15, -0.1) is 0 Å². The molecule has 2 heterocycles. The van der Waals surface area contributed by atoms with E-state index in [0.29, 0.717) is 18.9 Å². The summed E-state index contributed by atoms with van der Waals surface area (Å²) in [7, 11) is 0. The van der Waals surface area contributed by atoms with Gasteiger partial charge < -0.3 is 10.0 Å². The number of carbonyl (C=O) groups excluding carboxylic acids is 1. The van der Waals surface area contributed by atoms with Crippen molar-refractivity contribution in [3.8, 4) is 0 Å². The normalized spacial score (nSPS) is 26.1. The Morgan fingerprint density at radius 3 is 2.40 bits per heavy atom. The minimum atomic E-state index is -0.718. The largest absolute Gasteiger partial charge is 0.480 e. The van der Waals surface area contributed by atoms with Crippen LogP contribution in [0.3, 0.4) is 0 Å². The number of carboxylic acid groups (broad SMARTS) is 1. The van der Waals surface area contributed by atoms with E-state index >= 15 is 0 Å². The maximum atomic E-state index is 12.3. The third-order valence-electron chi connectivity index (χ3n) is 6.18. The van der Waals surface area contributed by atoms with Crippen LogP contribution in [0.25, 0.3) is 0 Å². The number of carbonyl (C=O) groups is 2. The summed E-state index contributed by atoms with van der Waals surface area (Å²) >= 11 is 0. The van der Waals surface area contributed by atoms with Crippen LogP contribution >= 0.6 is 0 Å². The van der Waals surface area contributed by atoms with Gasteiger partial charge in [0.25, 0.3) is 0 Å². The lowest BCUT2D eigenvalue weighted by molar-refractivity contribution is -0.142. The van der Waals surface area contributed by atoms with Crippen molar-refractivity contribution in [2.75, 3.05) is 19.6 Å². The van der Waals surface area contributed by atoms with Gasteiger partial charge in [0.15, 0.2) is 0 Å². The van der Waals surface area contributed by atoms with Crippen molar-refractivity contribution in [3.63, 3.8) is 0 Å². The molecule has 1 aliphatic carbocycles. The molecule has 134 valence electrons. The number of hydrogen-bond donors (Lipinski definition) is 1. The van der Waals surface area contributed by atoms with E-state index in [1.165, 1.54) is 0 Å². The fourth-order valence-corrected chi connectivity index (χ4v) is 4.52. The quantitative estimate of drug-likeness (QED) is 0.912. The second-order valence-corrected chi connectivity index (χ2v) is 8.05. The van der Waals surface area contributed by atoms with E-state index in [2.05, 4.69) is 17.0 Å². The molecular formula is C20H26N2O3. The third kappa shape index (κ3) is 3.43. The van der Waals surface area contributed by atoms with Crippen LogP contribution in [0.4, 0.5) is 0 Å². The molecule has 1 saturated carbocycles. The molecule has 1 aromatic carbocycles. The van der Waals surface area contributed by atoms with Crippen molar-refractivity contribution < 1.29 is 14.7 Å². The zero-order valence-electron chi connectivity index (χ0n) is 14.6. The number of aliphatic carboxylic acids is 1. The Kier molecular flexibility index (Phi) is 4.28. The number of carboxylic acids is 1. The minimum absolute atomic E-state index is 0.0537. The molecule has 1 aromatic rings. The minimum Gasteiger partial charge on any atom is -0.480 e. The lowest BCUT2D eigenvalue weighted by atomic mass is 9.76. The molecule has 3 fully saturated rings. The molecule has 5 heteroatoms. The van der Waals surface area contributed by atoms with Crippen molar-refractivity contribution in [2.24, 2.45) is 11.3 Å². The highest BCUT2D eigenvalue weighted by atomic mass is 16.4. The SMILES string of the molecule is O=C(O)[C@H]1CC2(CCN(C(=O)C3CC3)CC2)CN1Cc1ccccc1.